The van der Waals surface area contributed by atoms with Crippen LogP contribution in [0.3, 0.4) is 0 Å². The molecule has 0 N–H and O–H groups in total. The van der Waals surface area contributed by atoms with Crippen molar-refractivity contribution in [2.24, 2.45) is 5.92 Å². The summed E-state index contributed by atoms with van der Waals surface area (Å²) in [5.74, 6) is 0.845. The number of carbonyl (C=O) groups excluding carboxylic acids is 1. The highest BCUT2D eigenvalue weighted by Crippen LogP contribution is 2.59. The smallest absolute Gasteiger partial charge is 0.230 e. The van der Waals surface area contributed by atoms with Gasteiger partial charge in [-0.05, 0) is 37.0 Å². The van der Waals surface area contributed by atoms with Gasteiger partial charge in [0.15, 0.2) is 11.4 Å². The van der Waals surface area contributed by atoms with Crippen LogP contribution in [-0.4, -0.2) is 23.7 Å². The summed E-state index contributed by atoms with van der Waals surface area (Å²) in [5.41, 5.74) is 3.31. The molecule has 6 heteroatoms. The molecule has 1 saturated carbocycles. The fourth-order valence-electron chi connectivity index (χ4n) is 5.47. The van der Waals surface area contributed by atoms with E-state index in [2.05, 4.69) is 0 Å². The molecule has 36 heavy (non-hydrogen) atoms. The van der Waals surface area contributed by atoms with Gasteiger partial charge in [-0.15, -0.1) is 0 Å². The van der Waals surface area contributed by atoms with Gasteiger partial charge in [0.25, 0.3) is 0 Å². The van der Waals surface area contributed by atoms with Crippen LogP contribution in [0.15, 0.2) is 89.3 Å². The van der Waals surface area contributed by atoms with Crippen LogP contribution in [0.2, 0.25) is 0 Å². The highest BCUT2D eigenvalue weighted by atomic mass is 16.6. The van der Waals surface area contributed by atoms with Crippen molar-refractivity contribution in [3.63, 3.8) is 0 Å². The van der Waals surface area contributed by atoms with Crippen LogP contribution in [0.4, 0.5) is 0 Å². The van der Waals surface area contributed by atoms with Gasteiger partial charge < -0.3 is 23.8 Å². The first-order chi connectivity index (χ1) is 17.6. The van der Waals surface area contributed by atoms with Crippen LogP contribution in [0.1, 0.15) is 30.7 Å². The Balaban J connectivity index is 1.35. The predicted molar refractivity (Wildman–Crippen MR) is 132 cm³/mol. The van der Waals surface area contributed by atoms with Gasteiger partial charge in [0, 0.05) is 17.0 Å². The third-order valence-corrected chi connectivity index (χ3v) is 7.17. The standard InChI is InChI=1S/C30H27NO5/c32-26(33)19-34-24-15-7-9-20(18-24)17-23-14-8-16-25-30(23,36-25)29-31-27(21-10-3-1-4-11-21)28(35-29)22-12-5-2-6-13-22/h1-7,9-13,15,18,23,25H,8,14,16-17,19H2,(H,32,33)/p-1. The summed E-state index contributed by atoms with van der Waals surface area (Å²) >= 11 is 0. The molecule has 0 amide bonds. The molecule has 3 unspecified atom stereocenters. The first-order valence-electron chi connectivity index (χ1n) is 12.3. The summed E-state index contributed by atoms with van der Waals surface area (Å²) in [7, 11) is 0. The van der Waals surface area contributed by atoms with Crippen LogP contribution >= 0.6 is 0 Å². The van der Waals surface area contributed by atoms with E-state index in [4.69, 9.17) is 18.9 Å². The van der Waals surface area contributed by atoms with Gasteiger partial charge in [0.1, 0.15) is 18.1 Å². The number of carbonyl (C=O) groups is 1. The lowest BCUT2D eigenvalue weighted by molar-refractivity contribution is -0.307. The summed E-state index contributed by atoms with van der Waals surface area (Å²) < 4.78 is 18.3. The normalized spacial score (nSPS) is 22.6. The minimum Gasteiger partial charge on any atom is -0.546 e. The molecule has 0 bridgehead atoms. The molecule has 3 aromatic carbocycles. The lowest BCUT2D eigenvalue weighted by atomic mass is 9.75. The Labute approximate surface area is 209 Å². The molecule has 1 aromatic heterocycles. The molecule has 4 aromatic rings. The number of aromatic nitrogens is 1. The third-order valence-electron chi connectivity index (χ3n) is 7.17. The molecule has 1 aliphatic carbocycles. The number of nitrogens with zero attached hydrogens (tertiary/aromatic N) is 1. The Morgan fingerprint density at radius 3 is 2.47 bits per heavy atom. The molecule has 2 fully saturated rings. The maximum atomic E-state index is 10.8. The first-order valence-corrected chi connectivity index (χ1v) is 12.3. The van der Waals surface area contributed by atoms with E-state index in [9.17, 15) is 9.90 Å². The van der Waals surface area contributed by atoms with Crippen LogP contribution in [0.5, 0.6) is 5.75 Å². The number of rotatable bonds is 8. The number of benzene rings is 3. The van der Waals surface area contributed by atoms with Crippen molar-refractivity contribution in [1.29, 1.82) is 0 Å². The maximum Gasteiger partial charge on any atom is 0.230 e. The lowest BCUT2D eigenvalue weighted by Gasteiger charge is -2.26. The summed E-state index contributed by atoms with van der Waals surface area (Å²) in [5, 5.41) is 10.8. The maximum absolute atomic E-state index is 10.8. The van der Waals surface area contributed by atoms with E-state index in [0.29, 0.717) is 11.6 Å². The number of epoxide rings is 1. The third kappa shape index (κ3) is 4.18. The Hall–Kier alpha value is -3.90. The average Bonchev–Trinajstić information content (AvgIpc) is 3.51. The summed E-state index contributed by atoms with van der Waals surface area (Å²) in [6, 6.07) is 27.7. The van der Waals surface area contributed by atoms with Gasteiger partial charge >= 0.3 is 0 Å². The monoisotopic (exact) mass is 480 g/mol. The molecule has 0 spiro atoms. The summed E-state index contributed by atoms with van der Waals surface area (Å²) in [6.07, 6.45) is 3.89. The van der Waals surface area contributed by atoms with Crippen LogP contribution in [0, 0.1) is 5.92 Å². The van der Waals surface area contributed by atoms with Gasteiger partial charge in [-0.3, -0.25) is 0 Å². The zero-order valence-electron chi connectivity index (χ0n) is 19.8. The largest absolute Gasteiger partial charge is 0.546 e. The molecular formula is C30H26NO5-. The number of oxazole rings is 1. The fraction of sp³-hybridized carbons (Fsp3) is 0.267. The van der Waals surface area contributed by atoms with E-state index in [-0.39, 0.29) is 12.0 Å². The van der Waals surface area contributed by atoms with Crippen molar-refractivity contribution in [3.8, 4) is 28.3 Å². The molecule has 2 aliphatic rings. The van der Waals surface area contributed by atoms with E-state index in [0.717, 1.165) is 53.8 Å². The van der Waals surface area contributed by atoms with E-state index in [1.165, 1.54) is 0 Å². The molecule has 6 nitrogen and oxygen atoms in total. The van der Waals surface area contributed by atoms with Crippen molar-refractivity contribution in [1.82, 2.24) is 4.98 Å². The number of hydrogen-bond acceptors (Lipinski definition) is 6. The van der Waals surface area contributed by atoms with Crippen molar-refractivity contribution in [3.05, 3.63) is 96.4 Å². The summed E-state index contributed by atoms with van der Waals surface area (Å²) in [4.78, 5) is 15.9. The lowest BCUT2D eigenvalue weighted by Crippen LogP contribution is -2.30. The Bertz CT molecular complexity index is 1310. The fourth-order valence-corrected chi connectivity index (χ4v) is 5.47. The van der Waals surface area contributed by atoms with E-state index < -0.39 is 18.2 Å². The molecule has 1 saturated heterocycles. The van der Waals surface area contributed by atoms with Crippen molar-refractivity contribution >= 4 is 5.97 Å². The predicted octanol–water partition coefficient (Wildman–Crippen LogP) is 4.77. The number of carboxylic acid groups (broad SMARTS) is 1. The van der Waals surface area contributed by atoms with Crippen LogP contribution in [0.25, 0.3) is 22.6 Å². The van der Waals surface area contributed by atoms with E-state index in [1.807, 2.05) is 78.9 Å². The number of fused-ring (bicyclic) bond motifs is 1. The minimum atomic E-state index is -1.24. The molecular weight excluding hydrogens is 454 g/mol. The van der Waals surface area contributed by atoms with Crippen LogP contribution in [-0.2, 0) is 21.6 Å². The van der Waals surface area contributed by atoms with Gasteiger partial charge in [0.05, 0.1) is 12.1 Å². The zero-order valence-corrected chi connectivity index (χ0v) is 19.8. The molecule has 3 atom stereocenters. The Kier molecular flexibility index (Phi) is 5.82. The van der Waals surface area contributed by atoms with E-state index >= 15 is 0 Å². The van der Waals surface area contributed by atoms with Crippen LogP contribution < -0.4 is 9.84 Å². The SMILES string of the molecule is O=C([O-])COc1cccc(CC2CCCC3OC23c2nc(-c3ccccc3)c(-c3ccccc3)o2)c1. The molecule has 2 heterocycles. The Morgan fingerprint density at radius 2 is 1.72 bits per heavy atom. The highest BCUT2D eigenvalue weighted by Gasteiger charge is 2.67. The minimum absolute atomic E-state index is 0.0830. The molecule has 182 valence electrons. The van der Waals surface area contributed by atoms with Crippen molar-refractivity contribution < 1.29 is 23.8 Å². The molecule has 6 rings (SSSR count). The second-order valence-electron chi connectivity index (χ2n) is 9.47. The first kappa shape index (κ1) is 22.6. The number of aliphatic carboxylic acids is 1. The van der Waals surface area contributed by atoms with Gasteiger partial charge in [-0.25, -0.2) is 4.98 Å². The second-order valence-corrected chi connectivity index (χ2v) is 9.47. The number of hydrogen-bond donors (Lipinski definition) is 0. The number of ether oxygens (including phenoxy) is 2. The highest BCUT2D eigenvalue weighted by molar-refractivity contribution is 5.77. The van der Waals surface area contributed by atoms with Crippen molar-refractivity contribution in [2.45, 2.75) is 37.4 Å². The van der Waals surface area contributed by atoms with Crippen molar-refractivity contribution in [2.75, 3.05) is 6.61 Å². The number of carboxylic acids is 1. The topological polar surface area (TPSA) is 87.9 Å². The molecule has 1 aliphatic heterocycles. The van der Waals surface area contributed by atoms with Gasteiger partial charge in [-0.2, -0.15) is 0 Å². The van der Waals surface area contributed by atoms with E-state index in [1.54, 1.807) is 6.07 Å². The second kappa shape index (κ2) is 9.28. The Morgan fingerprint density at radius 1 is 0.972 bits per heavy atom. The van der Waals surface area contributed by atoms with Gasteiger partial charge in [-0.1, -0.05) is 79.2 Å². The van der Waals surface area contributed by atoms with Gasteiger partial charge in [0.2, 0.25) is 5.89 Å². The molecule has 0 radical (unpaired) electrons. The quantitative estimate of drug-likeness (QED) is 0.338. The summed E-state index contributed by atoms with van der Waals surface area (Å²) in [6.45, 7) is -0.469. The average molecular weight is 481 g/mol. The zero-order chi connectivity index (χ0) is 24.5.